The van der Waals surface area contributed by atoms with Gasteiger partial charge in [-0.3, -0.25) is 0 Å². The molecule has 0 radical (unpaired) electrons. The molecule has 9 heteroatoms. The lowest BCUT2D eigenvalue weighted by atomic mass is 9.91. The Balaban J connectivity index is 1.41. The summed E-state index contributed by atoms with van der Waals surface area (Å²) in [5, 5.41) is 4.51. The van der Waals surface area contributed by atoms with E-state index in [1.54, 1.807) is 0 Å². The van der Waals surface area contributed by atoms with Crippen LogP contribution in [0.25, 0.3) is 0 Å². The minimum absolute atomic E-state index is 0.0167. The van der Waals surface area contributed by atoms with Crippen molar-refractivity contribution < 1.29 is 23.7 Å². The quantitative estimate of drug-likeness (QED) is 0.494. The van der Waals surface area contributed by atoms with Gasteiger partial charge in [-0.05, 0) is 24.0 Å². The lowest BCUT2D eigenvalue weighted by Crippen LogP contribution is -2.63. The standard InChI is InChI=1S/C28H40N4O5/c1-3-7-23(8-4-1)19-25(29-31-11-15-33-16-12-31)27-28(37-22-35-21-36-27)26(20-24-9-5-2-6-10-24)30-32-13-17-34-18-14-32/h1-10,25-30H,11-22H2/t25-,26?,27+,28-/m1/s1. The van der Waals surface area contributed by atoms with E-state index in [1.807, 2.05) is 0 Å². The van der Waals surface area contributed by atoms with Gasteiger partial charge >= 0.3 is 0 Å². The normalized spacial score (nSPS) is 25.8. The third kappa shape index (κ3) is 8.03. The average Bonchev–Trinajstić information content (AvgIpc) is 3.21. The summed E-state index contributed by atoms with van der Waals surface area (Å²) >= 11 is 0. The number of morpholine rings is 2. The molecule has 3 fully saturated rings. The van der Waals surface area contributed by atoms with Gasteiger partial charge in [-0.2, -0.15) is 0 Å². The van der Waals surface area contributed by atoms with Crippen molar-refractivity contribution in [3.8, 4) is 0 Å². The summed E-state index contributed by atoms with van der Waals surface area (Å²) in [4.78, 5) is 0. The van der Waals surface area contributed by atoms with Crippen molar-refractivity contribution in [3.63, 3.8) is 0 Å². The van der Waals surface area contributed by atoms with Crippen molar-refractivity contribution in [1.29, 1.82) is 0 Å². The molecule has 3 aliphatic heterocycles. The molecule has 37 heavy (non-hydrogen) atoms. The molecule has 4 atom stereocenters. The molecule has 3 saturated heterocycles. The van der Waals surface area contributed by atoms with Gasteiger partial charge in [-0.25, -0.2) is 20.9 Å². The van der Waals surface area contributed by atoms with Crippen LogP contribution in [0.15, 0.2) is 60.7 Å². The fraction of sp³-hybridized carbons (Fsp3) is 0.571. The predicted molar refractivity (Wildman–Crippen MR) is 139 cm³/mol. The van der Waals surface area contributed by atoms with Crippen molar-refractivity contribution in [2.45, 2.75) is 37.1 Å². The van der Waals surface area contributed by atoms with Gasteiger partial charge in [0.1, 0.15) is 25.8 Å². The molecular weight excluding hydrogens is 472 g/mol. The van der Waals surface area contributed by atoms with Crippen LogP contribution >= 0.6 is 0 Å². The first-order valence-corrected chi connectivity index (χ1v) is 13.4. The van der Waals surface area contributed by atoms with Crippen LogP contribution in [0.3, 0.4) is 0 Å². The molecule has 2 aromatic carbocycles. The monoisotopic (exact) mass is 512 g/mol. The zero-order valence-corrected chi connectivity index (χ0v) is 21.5. The van der Waals surface area contributed by atoms with Gasteiger partial charge in [0.15, 0.2) is 0 Å². The zero-order chi connectivity index (χ0) is 25.1. The molecular formula is C28H40N4O5. The predicted octanol–water partition coefficient (Wildman–Crippen LogP) is 1.60. The van der Waals surface area contributed by atoms with Gasteiger partial charge in [-0.15, -0.1) is 0 Å². The molecule has 5 rings (SSSR count). The third-order valence-corrected chi connectivity index (χ3v) is 7.12. The lowest BCUT2D eigenvalue weighted by molar-refractivity contribution is -0.101. The molecule has 2 N–H and O–H groups in total. The maximum Gasteiger partial charge on any atom is 0.150 e. The highest BCUT2D eigenvalue weighted by molar-refractivity contribution is 5.18. The first-order valence-electron chi connectivity index (χ1n) is 13.4. The number of benzene rings is 2. The Bertz CT molecular complexity index is 822. The molecule has 3 aliphatic rings. The van der Waals surface area contributed by atoms with E-state index in [9.17, 15) is 0 Å². The van der Waals surface area contributed by atoms with Crippen molar-refractivity contribution in [2.24, 2.45) is 0 Å². The van der Waals surface area contributed by atoms with Crippen LogP contribution in [0.5, 0.6) is 0 Å². The van der Waals surface area contributed by atoms with Crippen molar-refractivity contribution in [2.75, 3.05) is 66.2 Å². The summed E-state index contributed by atoms with van der Waals surface area (Å²) in [7, 11) is 0. The number of ether oxygens (including phenoxy) is 5. The van der Waals surface area contributed by atoms with Crippen molar-refractivity contribution >= 4 is 0 Å². The van der Waals surface area contributed by atoms with E-state index in [1.165, 1.54) is 11.1 Å². The van der Waals surface area contributed by atoms with Gasteiger partial charge in [-0.1, -0.05) is 60.7 Å². The number of hydrazine groups is 2. The molecule has 0 spiro atoms. The number of hydrogen-bond acceptors (Lipinski definition) is 9. The molecule has 9 nitrogen and oxygen atoms in total. The summed E-state index contributed by atoms with van der Waals surface area (Å²) in [6.07, 6.45) is 1.12. The van der Waals surface area contributed by atoms with E-state index in [4.69, 9.17) is 23.7 Å². The fourth-order valence-electron chi connectivity index (χ4n) is 5.23. The van der Waals surface area contributed by atoms with E-state index in [-0.39, 0.29) is 37.9 Å². The smallest absolute Gasteiger partial charge is 0.150 e. The summed E-state index contributed by atoms with van der Waals surface area (Å²) < 4.78 is 29.7. The van der Waals surface area contributed by atoms with Crippen molar-refractivity contribution in [3.05, 3.63) is 71.8 Å². The average molecular weight is 513 g/mol. The van der Waals surface area contributed by atoms with E-state index >= 15 is 0 Å². The number of nitrogens with one attached hydrogen (secondary N) is 2. The van der Waals surface area contributed by atoms with Crippen molar-refractivity contribution in [1.82, 2.24) is 20.9 Å². The molecule has 0 aliphatic carbocycles. The van der Waals surface area contributed by atoms with E-state index < -0.39 is 0 Å². The Morgan fingerprint density at radius 1 is 0.595 bits per heavy atom. The Morgan fingerprint density at radius 2 is 1.00 bits per heavy atom. The Hall–Kier alpha value is -1.92. The van der Waals surface area contributed by atoms with Crippen LogP contribution in [0.1, 0.15) is 11.1 Å². The van der Waals surface area contributed by atoms with Gasteiger partial charge in [0.25, 0.3) is 0 Å². The fourth-order valence-corrected chi connectivity index (χ4v) is 5.23. The molecule has 0 bridgehead atoms. The van der Waals surface area contributed by atoms with E-state index in [2.05, 4.69) is 81.5 Å². The molecule has 0 amide bonds. The Morgan fingerprint density at radius 3 is 1.41 bits per heavy atom. The molecule has 2 aromatic rings. The third-order valence-electron chi connectivity index (χ3n) is 7.12. The zero-order valence-electron chi connectivity index (χ0n) is 21.5. The SMILES string of the molecule is c1ccc(CC(NN2CCOCC2)[C@H]2OCOCO[C@H]2[C@@H](Cc2ccccc2)NN2CCOCC2)cc1. The van der Waals surface area contributed by atoms with Crippen LogP contribution in [0.2, 0.25) is 0 Å². The summed E-state index contributed by atoms with van der Waals surface area (Å²) in [6.45, 7) is 6.60. The summed E-state index contributed by atoms with van der Waals surface area (Å²) in [5.41, 5.74) is 10.1. The van der Waals surface area contributed by atoms with Crippen LogP contribution in [-0.2, 0) is 36.5 Å². The second-order valence-corrected chi connectivity index (χ2v) is 9.75. The number of nitrogens with zero attached hydrogens (tertiary/aromatic N) is 2. The minimum Gasteiger partial charge on any atom is -0.379 e. The minimum atomic E-state index is -0.243. The topological polar surface area (TPSA) is 76.7 Å². The van der Waals surface area contributed by atoms with Crippen LogP contribution in [0.4, 0.5) is 0 Å². The molecule has 0 aromatic heterocycles. The first kappa shape index (κ1) is 26.7. The van der Waals surface area contributed by atoms with Crippen LogP contribution in [0, 0.1) is 0 Å². The van der Waals surface area contributed by atoms with Crippen LogP contribution in [-0.4, -0.2) is 101 Å². The maximum atomic E-state index is 6.45. The van der Waals surface area contributed by atoms with Crippen LogP contribution < -0.4 is 10.9 Å². The number of rotatable bonds is 10. The molecule has 202 valence electrons. The van der Waals surface area contributed by atoms with Gasteiger partial charge in [0.2, 0.25) is 0 Å². The Labute approximate surface area is 219 Å². The lowest BCUT2D eigenvalue weighted by Gasteiger charge is -2.41. The second kappa shape index (κ2) is 14.3. The van der Waals surface area contributed by atoms with E-state index in [0.29, 0.717) is 0 Å². The van der Waals surface area contributed by atoms with Gasteiger partial charge < -0.3 is 23.7 Å². The summed E-state index contributed by atoms with van der Waals surface area (Å²) in [5.74, 6) is 0. The molecule has 1 unspecified atom stereocenters. The van der Waals surface area contributed by atoms with Gasteiger partial charge in [0, 0.05) is 26.2 Å². The second-order valence-electron chi connectivity index (χ2n) is 9.75. The highest BCUT2D eigenvalue weighted by Gasteiger charge is 2.40. The highest BCUT2D eigenvalue weighted by atomic mass is 16.8. The largest absolute Gasteiger partial charge is 0.379 e. The van der Waals surface area contributed by atoms with E-state index in [0.717, 1.165) is 65.4 Å². The molecule has 0 saturated carbocycles. The maximum absolute atomic E-state index is 6.45. The first-order chi connectivity index (χ1) is 18.3. The molecule has 3 heterocycles. The highest BCUT2D eigenvalue weighted by Crippen LogP contribution is 2.23. The summed E-state index contributed by atoms with van der Waals surface area (Å²) in [6, 6.07) is 21.1. The van der Waals surface area contributed by atoms with Gasteiger partial charge in [0.05, 0.1) is 38.5 Å². The number of hydrogen-bond donors (Lipinski definition) is 2. The Kier molecular flexibility index (Phi) is 10.3.